The van der Waals surface area contributed by atoms with Gasteiger partial charge in [0.2, 0.25) is 20.0 Å². The van der Waals surface area contributed by atoms with E-state index in [-0.39, 0.29) is 37.8 Å². The molecule has 0 saturated carbocycles. The number of amides is 1. The van der Waals surface area contributed by atoms with Gasteiger partial charge in [-0.15, -0.1) is 0 Å². The maximum Gasteiger partial charge on any atom is 0.416 e. The number of rotatable bonds is 4. The lowest BCUT2D eigenvalue weighted by Gasteiger charge is -2.34. The van der Waals surface area contributed by atoms with Crippen molar-refractivity contribution in [1.82, 2.24) is 9.21 Å². The second-order valence-electron chi connectivity index (χ2n) is 8.01. The van der Waals surface area contributed by atoms with Crippen LogP contribution in [0.25, 0.3) is 0 Å². The molecule has 0 unspecified atom stereocenters. The Balaban J connectivity index is 1.42. The number of piperazine rings is 1. The van der Waals surface area contributed by atoms with Crippen molar-refractivity contribution in [1.29, 1.82) is 0 Å². The quantitative estimate of drug-likeness (QED) is 0.621. The molecule has 2 aromatic carbocycles. The summed E-state index contributed by atoms with van der Waals surface area (Å²) < 4.78 is 91.0. The average Bonchev–Trinajstić information content (AvgIpc) is 3.17. The molecule has 184 valence electrons. The van der Waals surface area contributed by atoms with Gasteiger partial charge in [0.25, 0.3) is 5.91 Å². The van der Waals surface area contributed by atoms with Gasteiger partial charge in [0, 0.05) is 38.3 Å². The molecule has 2 aliphatic rings. The van der Waals surface area contributed by atoms with Crippen LogP contribution in [0.4, 0.5) is 18.9 Å². The van der Waals surface area contributed by atoms with Crippen LogP contribution in [0.1, 0.15) is 22.3 Å². The van der Waals surface area contributed by atoms with E-state index >= 15 is 0 Å². The number of carbonyl (C=O) groups excluding carboxylic acids is 1. The Bertz CT molecular complexity index is 1290. The van der Waals surface area contributed by atoms with Crippen LogP contribution in [0.2, 0.25) is 0 Å². The van der Waals surface area contributed by atoms with Crippen molar-refractivity contribution < 1.29 is 34.8 Å². The molecule has 0 N–H and O–H groups in total. The van der Waals surface area contributed by atoms with Gasteiger partial charge < -0.3 is 4.90 Å². The maximum atomic E-state index is 13.0. The minimum atomic E-state index is -4.66. The molecule has 2 saturated heterocycles. The van der Waals surface area contributed by atoms with Gasteiger partial charge in [0.05, 0.1) is 21.9 Å². The first-order valence-electron chi connectivity index (χ1n) is 10.5. The topological polar surface area (TPSA) is 95.1 Å². The van der Waals surface area contributed by atoms with Crippen LogP contribution in [0.3, 0.4) is 0 Å². The lowest BCUT2D eigenvalue weighted by Crippen LogP contribution is -2.50. The molecule has 0 spiro atoms. The number of sulfonamides is 2. The Morgan fingerprint density at radius 3 is 2.12 bits per heavy atom. The van der Waals surface area contributed by atoms with E-state index in [2.05, 4.69) is 0 Å². The number of hydrogen-bond donors (Lipinski definition) is 0. The van der Waals surface area contributed by atoms with Gasteiger partial charge in [-0.2, -0.15) is 17.5 Å². The molecule has 2 fully saturated rings. The highest BCUT2D eigenvalue weighted by atomic mass is 32.2. The summed E-state index contributed by atoms with van der Waals surface area (Å²) in [5.74, 6) is -0.256. The number of benzene rings is 2. The average molecular weight is 518 g/mol. The third-order valence-electron chi connectivity index (χ3n) is 5.83. The number of halogens is 3. The molecule has 4 rings (SSSR count). The summed E-state index contributed by atoms with van der Waals surface area (Å²) >= 11 is 0. The number of anilines is 1. The van der Waals surface area contributed by atoms with Crippen LogP contribution in [0.15, 0.2) is 53.4 Å². The number of nitrogens with zero attached hydrogens (tertiary/aromatic N) is 3. The molecule has 2 heterocycles. The molecule has 2 aromatic rings. The lowest BCUT2D eigenvalue weighted by atomic mass is 10.1. The van der Waals surface area contributed by atoms with Crippen LogP contribution in [0, 0.1) is 0 Å². The van der Waals surface area contributed by atoms with Crippen LogP contribution < -0.4 is 4.31 Å². The fourth-order valence-corrected chi connectivity index (χ4v) is 7.03. The first-order valence-corrected chi connectivity index (χ1v) is 13.5. The van der Waals surface area contributed by atoms with Crippen molar-refractivity contribution in [2.75, 3.05) is 42.8 Å². The van der Waals surface area contributed by atoms with Gasteiger partial charge in [0.1, 0.15) is 0 Å². The third kappa shape index (κ3) is 4.77. The second kappa shape index (κ2) is 8.86. The first kappa shape index (κ1) is 24.5. The molecule has 34 heavy (non-hydrogen) atoms. The zero-order valence-electron chi connectivity index (χ0n) is 17.9. The molecule has 8 nitrogen and oxygen atoms in total. The molecule has 2 aliphatic heterocycles. The van der Waals surface area contributed by atoms with E-state index in [4.69, 9.17) is 0 Å². The largest absolute Gasteiger partial charge is 0.416 e. The van der Waals surface area contributed by atoms with Gasteiger partial charge in [-0.3, -0.25) is 9.10 Å². The second-order valence-corrected chi connectivity index (χ2v) is 12.0. The Kier molecular flexibility index (Phi) is 6.38. The molecule has 0 aliphatic carbocycles. The summed E-state index contributed by atoms with van der Waals surface area (Å²) in [7, 11) is -7.49. The van der Waals surface area contributed by atoms with E-state index in [0.717, 1.165) is 22.5 Å². The van der Waals surface area contributed by atoms with E-state index in [0.29, 0.717) is 30.3 Å². The zero-order chi connectivity index (χ0) is 24.7. The highest BCUT2D eigenvalue weighted by Crippen LogP contribution is 2.31. The fourth-order valence-electron chi connectivity index (χ4n) is 4.00. The monoisotopic (exact) mass is 517 g/mol. The molecular formula is C21H22F3N3O5S2. The van der Waals surface area contributed by atoms with Crippen molar-refractivity contribution in [3.8, 4) is 0 Å². The van der Waals surface area contributed by atoms with E-state index < -0.39 is 36.7 Å². The number of carbonyl (C=O) groups is 1. The van der Waals surface area contributed by atoms with Gasteiger partial charge in [0.15, 0.2) is 0 Å². The van der Waals surface area contributed by atoms with E-state index in [1.54, 1.807) is 12.1 Å². The maximum absolute atomic E-state index is 13.0. The predicted molar refractivity (Wildman–Crippen MR) is 118 cm³/mol. The third-order valence-corrected chi connectivity index (χ3v) is 9.59. The van der Waals surface area contributed by atoms with Crippen molar-refractivity contribution in [2.45, 2.75) is 17.5 Å². The van der Waals surface area contributed by atoms with Crippen molar-refractivity contribution in [3.05, 3.63) is 59.7 Å². The summed E-state index contributed by atoms with van der Waals surface area (Å²) in [5, 5.41) is 0. The normalized spacial score (nSPS) is 19.4. The molecule has 13 heteroatoms. The van der Waals surface area contributed by atoms with Gasteiger partial charge in [-0.1, -0.05) is 6.07 Å². The van der Waals surface area contributed by atoms with Crippen LogP contribution >= 0.6 is 0 Å². The zero-order valence-corrected chi connectivity index (χ0v) is 19.5. The standard InChI is InChI=1S/C21H22F3N3O5S2/c22-21(23,24)17-3-1-4-19(15-17)34(31,32)26-12-10-25(11-13-26)20(28)16-5-7-18(8-6-16)27-9-2-14-33(27,29)30/h1,3-8,15H,2,9-14H2. The molecular weight excluding hydrogens is 495 g/mol. The Morgan fingerprint density at radius 1 is 0.912 bits per heavy atom. The molecule has 0 radical (unpaired) electrons. The molecule has 0 aromatic heterocycles. The van der Waals surface area contributed by atoms with E-state index in [9.17, 15) is 34.8 Å². The van der Waals surface area contributed by atoms with Crippen LogP contribution in [-0.2, 0) is 26.2 Å². The first-order chi connectivity index (χ1) is 15.9. The SMILES string of the molecule is O=C(c1ccc(N2CCCS2(=O)=O)cc1)N1CCN(S(=O)(=O)c2cccc(C(F)(F)F)c2)CC1. The smallest absolute Gasteiger partial charge is 0.336 e. The Morgan fingerprint density at radius 2 is 1.56 bits per heavy atom. The number of hydrogen-bond acceptors (Lipinski definition) is 5. The molecule has 0 atom stereocenters. The minimum Gasteiger partial charge on any atom is -0.336 e. The lowest BCUT2D eigenvalue weighted by molar-refractivity contribution is -0.137. The van der Waals surface area contributed by atoms with Gasteiger partial charge in [-0.05, 0) is 48.9 Å². The van der Waals surface area contributed by atoms with Gasteiger partial charge >= 0.3 is 6.18 Å². The summed E-state index contributed by atoms with van der Waals surface area (Å²) in [4.78, 5) is 13.9. The highest BCUT2D eigenvalue weighted by Gasteiger charge is 2.35. The Hall–Kier alpha value is -2.64. The van der Waals surface area contributed by atoms with E-state index in [1.165, 1.54) is 21.3 Å². The Labute approximate surface area is 195 Å². The minimum absolute atomic E-state index is 0.0611. The summed E-state index contributed by atoms with van der Waals surface area (Å²) in [6, 6.07) is 9.75. The van der Waals surface area contributed by atoms with Crippen LogP contribution in [-0.4, -0.2) is 70.4 Å². The summed E-state index contributed by atoms with van der Waals surface area (Å²) in [5.41, 5.74) is -0.242. The fraction of sp³-hybridized carbons (Fsp3) is 0.381. The van der Waals surface area contributed by atoms with Gasteiger partial charge in [-0.25, -0.2) is 16.8 Å². The molecule has 0 bridgehead atoms. The number of alkyl halides is 3. The predicted octanol–water partition coefficient (Wildman–Crippen LogP) is 2.39. The van der Waals surface area contributed by atoms with Crippen LogP contribution in [0.5, 0.6) is 0 Å². The highest BCUT2D eigenvalue weighted by molar-refractivity contribution is 7.93. The van der Waals surface area contributed by atoms with Crippen molar-refractivity contribution >= 4 is 31.6 Å². The molecule has 1 amide bonds. The summed E-state index contributed by atoms with van der Waals surface area (Å²) in [6.45, 7) is 0.402. The van der Waals surface area contributed by atoms with Crippen molar-refractivity contribution in [3.63, 3.8) is 0 Å². The van der Waals surface area contributed by atoms with E-state index in [1.807, 2.05) is 0 Å². The van der Waals surface area contributed by atoms with Crippen molar-refractivity contribution in [2.24, 2.45) is 0 Å². The summed E-state index contributed by atoms with van der Waals surface area (Å²) in [6.07, 6.45) is -4.12.